The molecule has 0 bridgehead atoms. The summed E-state index contributed by atoms with van der Waals surface area (Å²) in [6.45, 7) is 0. The molecule has 0 aliphatic carbocycles. The van der Waals surface area contributed by atoms with E-state index in [0.717, 1.165) is 66.6 Å². The number of imidazole rings is 1. The number of aromatic nitrogens is 4. The maximum Gasteiger partial charge on any atom is 0.168 e. The molecule has 5 aromatic carbocycles. The number of para-hydroxylation sites is 1. The van der Waals surface area contributed by atoms with Gasteiger partial charge >= 0.3 is 0 Å². The molecule has 9 aromatic rings. The first-order chi connectivity index (χ1) is 21.8. The number of nitrogens with zero attached hydrogens (tertiary/aromatic N) is 4. The summed E-state index contributed by atoms with van der Waals surface area (Å²) in [6, 6.07) is 51.0. The Balaban J connectivity index is 0.000000211. The normalized spacial score (nSPS) is 10.9. The van der Waals surface area contributed by atoms with Crippen molar-refractivity contribution >= 4 is 43.9 Å². The van der Waals surface area contributed by atoms with Crippen LogP contribution < -0.4 is 0 Å². The SMILES string of the molecule is [Ir].[c-]1ccc2c(oc3c4ccccc4ccc23)c1-c1nc2ncccc2n1-c1ccccc1.[c-]1ccccc1-c1ccccn1. The Morgan fingerprint density at radius 3 is 2.22 bits per heavy atom. The first kappa shape index (κ1) is 28.4. The number of hydrogen-bond acceptors (Lipinski definition) is 4. The minimum Gasteiger partial charge on any atom is -0.500 e. The van der Waals surface area contributed by atoms with Crippen LogP contribution in [0.3, 0.4) is 0 Å². The molecule has 5 nitrogen and oxygen atoms in total. The van der Waals surface area contributed by atoms with Crippen LogP contribution in [0.15, 0.2) is 150 Å². The summed E-state index contributed by atoms with van der Waals surface area (Å²) in [4.78, 5) is 13.6. The van der Waals surface area contributed by atoms with E-state index < -0.39 is 0 Å². The Morgan fingerprint density at radius 1 is 0.578 bits per heavy atom. The minimum atomic E-state index is 0. The van der Waals surface area contributed by atoms with Gasteiger partial charge in [-0.05, 0) is 41.4 Å². The van der Waals surface area contributed by atoms with Gasteiger partial charge in [0.05, 0.1) is 16.9 Å². The fourth-order valence-electron chi connectivity index (χ4n) is 5.63. The molecule has 6 heteroatoms. The van der Waals surface area contributed by atoms with Gasteiger partial charge in [0.2, 0.25) is 0 Å². The van der Waals surface area contributed by atoms with Crippen LogP contribution in [0.5, 0.6) is 0 Å². The van der Waals surface area contributed by atoms with E-state index >= 15 is 0 Å². The first-order valence-electron chi connectivity index (χ1n) is 14.4. The Kier molecular flexibility index (Phi) is 7.74. The molecule has 4 heterocycles. The molecular formula is C39H24IrN4O-2. The molecule has 45 heavy (non-hydrogen) atoms. The molecule has 0 aliphatic heterocycles. The Bertz CT molecular complexity index is 2350. The van der Waals surface area contributed by atoms with Gasteiger partial charge in [-0.15, -0.1) is 54.1 Å². The van der Waals surface area contributed by atoms with Gasteiger partial charge in [-0.1, -0.05) is 77.7 Å². The van der Waals surface area contributed by atoms with Crippen molar-refractivity contribution in [2.24, 2.45) is 0 Å². The summed E-state index contributed by atoms with van der Waals surface area (Å²) in [5.74, 6) is 0.763. The molecule has 0 saturated carbocycles. The zero-order chi connectivity index (χ0) is 29.3. The zero-order valence-electron chi connectivity index (χ0n) is 23.9. The number of fused-ring (bicyclic) bond motifs is 6. The van der Waals surface area contributed by atoms with Crippen LogP contribution in [-0.2, 0) is 20.1 Å². The summed E-state index contributed by atoms with van der Waals surface area (Å²) < 4.78 is 8.66. The quantitative estimate of drug-likeness (QED) is 0.169. The number of hydrogen-bond donors (Lipinski definition) is 0. The third kappa shape index (κ3) is 5.21. The van der Waals surface area contributed by atoms with Crippen LogP contribution in [0.1, 0.15) is 0 Å². The van der Waals surface area contributed by atoms with Crippen molar-refractivity contribution in [2.45, 2.75) is 0 Å². The van der Waals surface area contributed by atoms with Crippen molar-refractivity contribution in [1.82, 2.24) is 19.5 Å². The molecule has 0 unspecified atom stereocenters. The van der Waals surface area contributed by atoms with E-state index in [1.54, 1.807) is 12.4 Å². The summed E-state index contributed by atoms with van der Waals surface area (Å²) in [7, 11) is 0. The molecule has 9 rings (SSSR count). The van der Waals surface area contributed by atoms with Gasteiger partial charge in [0.15, 0.2) is 5.65 Å². The number of furan rings is 1. The largest absolute Gasteiger partial charge is 0.500 e. The zero-order valence-corrected chi connectivity index (χ0v) is 26.3. The maximum atomic E-state index is 6.53. The monoisotopic (exact) mass is 757 g/mol. The molecule has 0 spiro atoms. The predicted octanol–water partition coefficient (Wildman–Crippen LogP) is 9.49. The van der Waals surface area contributed by atoms with E-state index in [1.165, 1.54) is 0 Å². The van der Waals surface area contributed by atoms with Crippen molar-refractivity contribution in [2.75, 3.05) is 0 Å². The van der Waals surface area contributed by atoms with Crippen LogP contribution in [0, 0.1) is 12.1 Å². The topological polar surface area (TPSA) is 56.7 Å². The van der Waals surface area contributed by atoms with Gasteiger partial charge in [-0.25, -0.2) is 4.98 Å². The van der Waals surface area contributed by atoms with Gasteiger partial charge < -0.3 is 14.0 Å². The molecule has 0 fully saturated rings. The second-order valence-corrected chi connectivity index (χ2v) is 10.3. The summed E-state index contributed by atoms with van der Waals surface area (Å²) in [5.41, 5.74) is 7.16. The van der Waals surface area contributed by atoms with Gasteiger partial charge in [0.25, 0.3) is 0 Å². The fraction of sp³-hybridized carbons (Fsp3) is 0. The molecule has 0 N–H and O–H groups in total. The average Bonchev–Trinajstić information content (AvgIpc) is 3.69. The van der Waals surface area contributed by atoms with Crippen molar-refractivity contribution in [3.8, 4) is 28.3 Å². The Hall–Kier alpha value is -5.42. The second kappa shape index (κ2) is 12.3. The molecular weight excluding hydrogens is 733 g/mol. The fourth-order valence-corrected chi connectivity index (χ4v) is 5.63. The van der Waals surface area contributed by atoms with Gasteiger partial charge in [-0.2, -0.15) is 0 Å². The summed E-state index contributed by atoms with van der Waals surface area (Å²) in [5, 5.41) is 4.41. The number of rotatable bonds is 3. The number of benzene rings is 5. The molecule has 217 valence electrons. The van der Waals surface area contributed by atoms with E-state index in [9.17, 15) is 0 Å². The van der Waals surface area contributed by atoms with E-state index in [-0.39, 0.29) is 20.1 Å². The summed E-state index contributed by atoms with van der Waals surface area (Å²) >= 11 is 0. The first-order valence-corrected chi connectivity index (χ1v) is 14.4. The van der Waals surface area contributed by atoms with Gasteiger partial charge in [-0.3, -0.25) is 4.98 Å². The average molecular weight is 757 g/mol. The van der Waals surface area contributed by atoms with Gasteiger partial charge in [0, 0.05) is 49.0 Å². The van der Waals surface area contributed by atoms with Crippen molar-refractivity contribution < 1.29 is 24.5 Å². The van der Waals surface area contributed by atoms with Gasteiger partial charge in [0.1, 0.15) is 5.58 Å². The van der Waals surface area contributed by atoms with Crippen molar-refractivity contribution in [3.63, 3.8) is 0 Å². The van der Waals surface area contributed by atoms with E-state index in [0.29, 0.717) is 5.65 Å². The Morgan fingerprint density at radius 2 is 1.38 bits per heavy atom. The van der Waals surface area contributed by atoms with E-state index in [1.807, 2.05) is 91.0 Å². The summed E-state index contributed by atoms with van der Waals surface area (Å²) in [6.07, 6.45) is 3.56. The van der Waals surface area contributed by atoms with Crippen molar-refractivity contribution in [1.29, 1.82) is 0 Å². The molecule has 0 saturated heterocycles. The minimum absolute atomic E-state index is 0. The van der Waals surface area contributed by atoms with Crippen LogP contribution in [0.4, 0.5) is 0 Å². The van der Waals surface area contributed by atoms with Crippen LogP contribution in [0.2, 0.25) is 0 Å². The maximum absolute atomic E-state index is 6.53. The van der Waals surface area contributed by atoms with Crippen LogP contribution in [-0.4, -0.2) is 19.5 Å². The van der Waals surface area contributed by atoms with Crippen LogP contribution >= 0.6 is 0 Å². The standard InChI is InChI=1S/C28H16N3O.C11H8N.Ir/c1-2-9-19(10-3-1)31-24-14-7-17-29-27(24)30-28(31)23-13-6-12-21-22-16-15-18-8-4-5-11-20(18)25(22)32-26(21)23;1-2-6-10(7-3-1)11-8-4-5-9-12-11;/h1-12,14-17H;1-6,8-9H;/q2*-1;. The molecule has 0 aliphatic rings. The third-order valence-electron chi connectivity index (χ3n) is 7.64. The van der Waals surface area contributed by atoms with E-state index in [2.05, 4.69) is 69.1 Å². The number of pyridine rings is 2. The van der Waals surface area contributed by atoms with Crippen molar-refractivity contribution in [3.05, 3.63) is 158 Å². The molecule has 0 amide bonds. The third-order valence-corrected chi connectivity index (χ3v) is 7.64. The van der Waals surface area contributed by atoms with Crippen LogP contribution in [0.25, 0.3) is 72.2 Å². The smallest absolute Gasteiger partial charge is 0.168 e. The van der Waals surface area contributed by atoms with E-state index in [4.69, 9.17) is 9.40 Å². The molecule has 0 atom stereocenters. The second-order valence-electron chi connectivity index (χ2n) is 10.3. The molecule has 4 aromatic heterocycles. The predicted molar refractivity (Wildman–Crippen MR) is 176 cm³/mol. The molecule has 1 radical (unpaired) electrons. The Labute approximate surface area is 273 Å².